The summed E-state index contributed by atoms with van der Waals surface area (Å²) in [5, 5.41) is 10.5. The standard InChI is InChI=1S/C26H48N6O4/c1-34-21-7-4-8-22(35-2)20(21)14-29-26(33)17-5-3-6-18(13-17)28-16-24-30-31-25-19-9-10-27-15-23(19)36-12-11-32(24)25/h17-25,27-28,30-31H,3-16H2,1-2H3,(H,29,33). The van der Waals surface area contributed by atoms with Crippen molar-refractivity contribution in [1.29, 1.82) is 0 Å². The Morgan fingerprint density at radius 3 is 2.64 bits per heavy atom. The number of amides is 1. The number of carbonyl (C=O) groups excluding carboxylic acids is 1. The monoisotopic (exact) mass is 508 g/mol. The molecule has 5 N–H and O–H groups in total. The number of hydrazine groups is 1. The molecular weight excluding hydrogens is 460 g/mol. The quantitative estimate of drug-likeness (QED) is 0.313. The molecule has 3 heterocycles. The average Bonchev–Trinajstić information content (AvgIpc) is 3.23. The molecule has 0 spiro atoms. The summed E-state index contributed by atoms with van der Waals surface area (Å²) in [6, 6.07) is 0.373. The highest BCUT2D eigenvalue weighted by Crippen LogP contribution is 2.30. The summed E-state index contributed by atoms with van der Waals surface area (Å²) < 4.78 is 17.6. The predicted molar refractivity (Wildman–Crippen MR) is 137 cm³/mol. The molecule has 8 unspecified atom stereocenters. The van der Waals surface area contributed by atoms with Crippen LogP contribution in [0.4, 0.5) is 0 Å². The van der Waals surface area contributed by atoms with E-state index in [2.05, 4.69) is 31.7 Å². The van der Waals surface area contributed by atoms with Gasteiger partial charge in [-0.15, -0.1) is 0 Å². The van der Waals surface area contributed by atoms with Crippen LogP contribution < -0.4 is 26.8 Å². The van der Waals surface area contributed by atoms with Crippen LogP contribution in [0, 0.1) is 17.8 Å². The third kappa shape index (κ3) is 6.07. The molecule has 1 amide bonds. The highest BCUT2D eigenvalue weighted by atomic mass is 16.5. The van der Waals surface area contributed by atoms with Gasteiger partial charge in [-0.05, 0) is 51.5 Å². The maximum Gasteiger partial charge on any atom is 0.223 e. The zero-order valence-electron chi connectivity index (χ0n) is 22.2. The van der Waals surface area contributed by atoms with Gasteiger partial charge in [-0.25, -0.2) is 10.9 Å². The maximum absolute atomic E-state index is 13.1. The summed E-state index contributed by atoms with van der Waals surface area (Å²) in [6.07, 6.45) is 9.60. The summed E-state index contributed by atoms with van der Waals surface area (Å²) in [6.45, 7) is 5.23. The molecule has 5 fully saturated rings. The number of nitrogens with one attached hydrogen (secondary N) is 5. The van der Waals surface area contributed by atoms with Gasteiger partial charge >= 0.3 is 0 Å². The Morgan fingerprint density at radius 2 is 1.83 bits per heavy atom. The Bertz CT molecular complexity index is 704. The van der Waals surface area contributed by atoms with Gasteiger partial charge < -0.3 is 30.2 Å². The fourth-order valence-corrected chi connectivity index (χ4v) is 7.35. The van der Waals surface area contributed by atoms with Gasteiger partial charge in [0.15, 0.2) is 0 Å². The van der Waals surface area contributed by atoms with E-state index >= 15 is 0 Å². The molecule has 8 atom stereocenters. The molecule has 0 aromatic rings. The Kier molecular flexibility index (Phi) is 9.51. The highest BCUT2D eigenvalue weighted by Gasteiger charge is 2.44. The molecule has 0 aromatic carbocycles. The van der Waals surface area contributed by atoms with E-state index in [-0.39, 0.29) is 36.1 Å². The molecule has 5 rings (SSSR count). The van der Waals surface area contributed by atoms with Crippen molar-refractivity contribution in [3.63, 3.8) is 0 Å². The van der Waals surface area contributed by atoms with Crippen LogP contribution in [0.25, 0.3) is 0 Å². The van der Waals surface area contributed by atoms with Gasteiger partial charge in [0.05, 0.1) is 37.3 Å². The van der Waals surface area contributed by atoms with Gasteiger partial charge in [-0.3, -0.25) is 9.69 Å². The minimum Gasteiger partial charge on any atom is -0.381 e. The van der Waals surface area contributed by atoms with E-state index in [0.717, 1.165) is 84.2 Å². The van der Waals surface area contributed by atoms with Crippen LogP contribution in [0.1, 0.15) is 51.4 Å². The first kappa shape index (κ1) is 26.7. The fourth-order valence-electron chi connectivity index (χ4n) is 7.35. The maximum atomic E-state index is 13.1. The van der Waals surface area contributed by atoms with Crippen LogP contribution in [0.3, 0.4) is 0 Å². The van der Waals surface area contributed by atoms with Gasteiger partial charge in [-0.2, -0.15) is 0 Å². The first-order chi connectivity index (χ1) is 17.7. The number of ether oxygens (including phenoxy) is 3. The Hall–Kier alpha value is -0.850. The summed E-state index contributed by atoms with van der Waals surface area (Å²) in [5.41, 5.74) is 7.11. The number of piperidine rings is 1. The number of hydrogen-bond acceptors (Lipinski definition) is 9. The molecule has 3 saturated heterocycles. The van der Waals surface area contributed by atoms with Crippen molar-refractivity contribution in [2.45, 2.75) is 88.1 Å². The van der Waals surface area contributed by atoms with Crippen LogP contribution in [0.15, 0.2) is 0 Å². The number of rotatable bonds is 8. The number of hydrogen-bond donors (Lipinski definition) is 5. The van der Waals surface area contributed by atoms with Crippen molar-refractivity contribution in [1.82, 2.24) is 31.7 Å². The number of methoxy groups -OCH3 is 2. The highest BCUT2D eigenvalue weighted by molar-refractivity contribution is 5.78. The zero-order valence-corrected chi connectivity index (χ0v) is 22.2. The SMILES string of the molecule is COC1CCCC(OC)C1CNC(=O)C1CCCC(NCC2NNC3C4CCNCC4OCCN23)C1. The minimum absolute atomic E-state index is 0.0753. The van der Waals surface area contributed by atoms with Crippen molar-refractivity contribution in [3.8, 4) is 0 Å². The predicted octanol–water partition coefficient (Wildman–Crippen LogP) is 0.151. The molecule has 3 aliphatic heterocycles. The average molecular weight is 509 g/mol. The molecular formula is C26H48N6O4. The molecule has 10 nitrogen and oxygen atoms in total. The second-order valence-electron chi connectivity index (χ2n) is 11.4. The number of nitrogens with zero attached hydrogens (tertiary/aromatic N) is 1. The fraction of sp³-hybridized carbons (Fsp3) is 0.962. The van der Waals surface area contributed by atoms with E-state index < -0.39 is 0 Å². The summed E-state index contributed by atoms with van der Waals surface area (Å²) in [4.78, 5) is 15.7. The molecule has 0 radical (unpaired) electrons. The van der Waals surface area contributed by atoms with Crippen LogP contribution in [-0.2, 0) is 19.0 Å². The second kappa shape index (κ2) is 12.8. The topological polar surface area (TPSA) is 108 Å². The third-order valence-corrected chi connectivity index (χ3v) is 9.41. The van der Waals surface area contributed by atoms with Crippen molar-refractivity contribution in [2.24, 2.45) is 17.8 Å². The minimum atomic E-state index is 0.0753. The normalized spacial score (nSPS) is 41.8. The number of fused-ring (bicyclic) bond motifs is 3. The lowest BCUT2D eigenvalue weighted by Crippen LogP contribution is -2.53. The van der Waals surface area contributed by atoms with Gasteiger partial charge in [0.2, 0.25) is 5.91 Å². The Morgan fingerprint density at radius 1 is 1.03 bits per heavy atom. The van der Waals surface area contributed by atoms with E-state index in [9.17, 15) is 4.79 Å². The van der Waals surface area contributed by atoms with E-state index in [1.54, 1.807) is 14.2 Å². The first-order valence-electron chi connectivity index (χ1n) is 14.3. The summed E-state index contributed by atoms with van der Waals surface area (Å²) in [7, 11) is 3.55. The third-order valence-electron chi connectivity index (χ3n) is 9.41. The van der Waals surface area contributed by atoms with E-state index in [1.807, 2.05) is 0 Å². The van der Waals surface area contributed by atoms with Crippen LogP contribution in [-0.4, -0.2) is 101 Å². The van der Waals surface area contributed by atoms with Crippen molar-refractivity contribution in [2.75, 3.05) is 53.6 Å². The molecule has 2 aliphatic carbocycles. The summed E-state index contributed by atoms with van der Waals surface area (Å²) in [5.74, 6) is 1.00. The molecule has 36 heavy (non-hydrogen) atoms. The molecule has 206 valence electrons. The molecule has 0 aromatic heterocycles. The van der Waals surface area contributed by atoms with Crippen molar-refractivity contribution < 1.29 is 19.0 Å². The van der Waals surface area contributed by atoms with Crippen LogP contribution in [0.5, 0.6) is 0 Å². The van der Waals surface area contributed by atoms with Gasteiger partial charge in [0.25, 0.3) is 0 Å². The van der Waals surface area contributed by atoms with E-state index in [1.165, 1.54) is 0 Å². The number of carbonyl (C=O) groups is 1. The smallest absolute Gasteiger partial charge is 0.223 e. The van der Waals surface area contributed by atoms with Crippen molar-refractivity contribution >= 4 is 5.91 Å². The molecule has 0 bridgehead atoms. The molecule has 5 aliphatic rings. The van der Waals surface area contributed by atoms with E-state index in [0.29, 0.717) is 30.8 Å². The Balaban J connectivity index is 1.09. The second-order valence-corrected chi connectivity index (χ2v) is 11.4. The van der Waals surface area contributed by atoms with Gasteiger partial charge in [-0.1, -0.05) is 6.42 Å². The molecule has 10 heteroatoms. The van der Waals surface area contributed by atoms with Gasteiger partial charge in [0, 0.05) is 64.2 Å². The lowest BCUT2D eigenvalue weighted by Gasteiger charge is -2.37. The van der Waals surface area contributed by atoms with Crippen molar-refractivity contribution in [3.05, 3.63) is 0 Å². The lowest BCUT2D eigenvalue weighted by molar-refractivity contribution is -0.127. The van der Waals surface area contributed by atoms with Crippen LogP contribution in [0.2, 0.25) is 0 Å². The van der Waals surface area contributed by atoms with E-state index in [4.69, 9.17) is 14.2 Å². The lowest BCUT2D eigenvalue weighted by atomic mass is 9.82. The first-order valence-corrected chi connectivity index (χ1v) is 14.3. The Labute approximate surface area is 216 Å². The molecule has 2 saturated carbocycles. The van der Waals surface area contributed by atoms with Crippen LogP contribution >= 0.6 is 0 Å². The largest absolute Gasteiger partial charge is 0.381 e. The van der Waals surface area contributed by atoms with Gasteiger partial charge in [0.1, 0.15) is 0 Å². The summed E-state index contributed by atoms with van der Waals surface area (Å²) >= 11 is 0. The zero-order chi connectivity index (χ0) is 24.9.